The molecule has 0 aliphatic carbocycles. The van der Waals surface area contributed by atoms with E-state index in [4.69, 9.17) is 14.2 Å². The fourth-order valence-electron chi connectivity index (χ4n) is 2.14. The molecule has 7 nitrogen and oxygen atoms in total. The molecule has 1 saturated heterocycles. The summed E-state index contributed by atoms with van der Waals surface area (Å²) in [6, 6.07) is 7.64. The topological polar surface area (TPSA) is 78.4 Å². The standard InChI is InChI=1S/C15H18N4O3/c1-20-12-4-2-11(3-5-12)14-9-17-19-15(18-14)16-8-13-10-21-6-7-22-13/h2-5,9,13H,6-8,10H2,1H3,(H,16,18,19). The van der Waals surface area contributed by atoms with Crippen molar-refractivity contribution in [3.63, 3.8) is 0 Å². The van der Waals surface area contributed by atoms with Crippen molar-refractivity contribution in [2.24, 2.45) is 0 Å². The lowest BCUT2D eigenvalue weighted by Crippen LogP contribution is -2.34. The van der Waals surface area contributed by atoms with Crippen LogP contribution in [0.3, 0.4) is 0 Å². The van der Waals surface area contributed by atoms with E-state index < -0.39 is 0 Å². The monoisotopic (exact) mass is 302 g/mol. The van der Waals surface area contributed by atoms with E-state index >= 15 is 0 Å². The van der Waals surface area contributed by atoms with E-state index in [1.807, 2.05) is 24.3 Å². The number of anilines is 1. The van der Waals surface area contributed by atoms with Crippen molar-refractivity contribution in [3.8, 4) is 17.0 Å². The summed E-state index contributed by atoms with van der Waals surface area (Å²) in [6.07, 6.45) is 1.65. The minimum Gasteiger partial charge on any atom is -0.497 e. The zero-order chi connectivity index (χ0) is 15.2. The molecule has 0 amide bonds. The Morgan fingerprint density at radius 2 is 2.14 bits per heavy atom. The highest BCUT2D eigenvalue weighted by atomic mass is 16.6. The van der Waals surface area contributed by atoms with Crippen LogP contribution in [0.4, 0.5) is 5.95 Å². The molecule has 2 heterocycles. The number of nitrogens with one attached hydrogen (secondary N) is 1. The van der Waals surface area contributed by atoms with E-state index in [9.17, 15) is 0 Å². The van der Waals surface area contributed by atoms with Gasteiger partial charge in [0.25, 0.3) is 0 Å². The van der Waals surface area contributed by atoms with Gasteiger partial charge >= 0.3 is 0 Å². The van der Waals surface area contributed by atoms with Gasteiger partial charge < -0.3 is 19.5 Å². The minimum absolute atomic E-state index is 0.0157. The van der Waals surface area contributed by atoms with Crippen molar-refractivity contribution < 1.29 is 14.2 Å². The Hall–Kier alpha value is -2.25. The average molecular weight is 302 g/mol. The first-order valence-electron chi connectivity index (χ1n) is 7.12. The van der Waals surface area contributed by atoms with Crippen LogP contribution in [-0.2, 0) is 9.47 Å². The second kappa shape index (κ2) is 7.15. The van der Waals surface area contributed by atoms with Crippen molar-refractivity contribution in [1.82, 2.24) is 15.2 Å². The third kappa shape index (κ3) is 3.69. The van der Waals surface area contributed by atoms with E-state index in [1.54, 1.807) is 13.3 Å². The lowest BCUT2D eigenvalue weighted by molar-refractivity contribution is -0.0819. The Balaban J connectivity index is 1.66. The number of nitrogens with zero attached hydrogens (tertiary/aromatic N) is 3. The van der Waals surface area contributed by atoms with Gasteiger partial charge in [0.15, 0.2) is 0 Å². The Labute approximate surface area is 128 Å². The molecular weight excluding hydrogens is 284 g/mol. The zero-order valence-corrected chi connectivity index (χ0v) is 12.4. The van der Waals surface area contributed by atoms with Gasteiger partial charge in [-0.25, -0.2) is 4.98 Å². The van der Waals surface area contributed by atoms with Gasteiger partial charge in [-0.2, -0.15) is 5.10 Å². The molecule has 7 heteroatoms. The highest BCUT2D eigenvalue weighted by Gasteiger charge is 2.14. The van der Waals surface area contributed by atoms with E-state index in [0.29, 0.717) is 32.3 Å². The van der Waals surface area contributed by atoms with E-state index in [-0.39, 0.29) is 6.10 Å². The van der Waals surface area contributed by atoms with Gasteiger partial charge in [-0.1, -0.05) is 0 Å². The summed E-state index contributed by atoms with van der Waals surface area (Å²) in [5, 5.41) is 11.1. The largest absolute Gasteiger partial charge is 0.497 e. The fourth-order valence-corrected chi connectivity index (χ4v) is 2.14. The van der Waals surface area contributed by atoms with Crippen LogP contribution in [0.1, 0.15) is 0 Å². The van der Waals surface area contributed by atoms with E-state index in [0.717, 1.165) is 17.0 Å². The normalized spacial score (nSPS) is 18.0. The van der Waals surface area contributed by atoms with E-state index in [2.05, 4.69) is 20.5 Å². The molecule has 1 aromatic carbocycles. The van der Waals surface area contributed by atoms with Crippen LogP contribution < -0.4 is 10.1 Å². The molecule has 1 unspecified atom stereocenters. The fraction of sp³-hybridized carbons (Fsp3) is 0.400. The Morgan fingerprint density at radius 3 is 2.86 bits per heavy atom. The average Bonchev–Trinajstić information content (AvgIpc) is 2.61. The summed E-state index contributed by atoms with van der Waals surface area (Å²) >= 11 is 0. The van der Waals surface area contributed by atoms with Gasteiger partial charge in [0, 0.05) is 12.1 Å². The van der Waals surface area contributed by atoms with Crippen LogP contribution in [0, 0.1) is 0 Å². The molecular formula is C15H18N4O3. The summed E-state index contributed by atoms with van der Waals surface area (Å²) in [7, 11) is 1.64. The van der Waals surface area contributed by atoms with Crippen LogP contribution >= 0.6 is 0 Å². The second-order valence-electron chi connectivity index (χ2n) is 4.84. The van der Waals surface area contributed by atoms with Crippen LogP contribution in [-0.4, -0.2) is 54.8 Å². The molecule has 0 radical (unpaired) electrons. The molecule has 0 saturated carbocycles. The molecule has 1 fully saturated rings. The Kier molecular flexibility index (Phi) is 4.77. The highest BCUT2D eigenvalue weighted by Crippen LogP contribution is 2.20. The number of hydrogen-bond acceptors (Lipinski definition) is 7. The Bertz CT molecular complexity index is 600. The van der Waals surface area contributed by atoms with Crippen molar-refractivity contribution in [2.45, 2.75) is 6.10 Å². The maximum absolute atomic E-state index is 5.56. The molecule has 1 atom stereocenters. The van der Waals surface area contributed by atoms with Crippen molar-refractivity contribution in [1.29, 1.82) is 0 Å². The summed E-state index contributed by atoms with van der Waals surface area (Å²) in [5.41, 5.74) is 1.71. The molecule has 116 valence electrons. The van der Waals surface area contributed by atoms with Crippen LogP contribution in [0.15, 0.2) is 30.5 Å². The first kappa shape index (κ1) is 14.7. The molecule has 22 heavy (non-hydrogen) atoms. The Morgan fingerprint density at radius 1 is 1.27 bits per heavy atom. The van der Waals surface area contributed by atoms with Crippen LogP contribution in [0.5, 0.6) is 5.75 Å². The van der Waals surface area contributed by atoms with Crippen molar-refractivity contribution >= 4 is 5.95 Å². The number of hydrogen-bond donors (Lipinski definition) is 1. The van der Waals surface area contributed by atoms with Gasteiger partial charge in [-0.05, 0) is 24.3 Å². The van der Waals surface area contributed by atoms with Crippen molar-refractivity contribution in [3.05, 3.63) is 30.5 Å². The molecule has 1 N–H and O–H groups in total. The highest BCUT2D eigenvalue weighted by molar-refractivity contribution is 5.60. The number of methoxy groups -OCH3 is 1. The predicted molar refractivity (Wildman–Crippen MR) is 80.9 cm³/mol. The van der Waals surface area contributed by atoms with Gasteiger partial charge in [-0.3, -0.25) is 0 Å². The smallest absolute Gasteiger partial charge is 0.243 e. The number of rotatable bonds is 5. The van der Waals surface area contributed by atoms with Crippen LogP contribution in [0.2, 0.25) is 0 Å². The van der Waals surface area contributed by atoms with Gasteiger partial charge in [0.05, 0.1) is 44.9 Å². The number of benzene rings is 1. The summed E-state index contributed by atoms with van der Waals surface area (Å²) in [5.74, 6) is 1.28. The zero-order valence-electron chi connectivity index (χ0n) is 12.4. The second-order valence-corrected chi connectivity index (χ2v) is 4.84. The summed E-state index contributed by atoms with van der Waals surface area (Å²) < 4.78 is 16.1. The van der Waals surface area contributed by atoms with Gasteiger partial charge in [-0.15, -0.1) is 5.10 Å². The molecule has 1 aromatic heterocycles. The third-order valence-electron chi connectivity index (χ3n) is 3.32. The number of ether oxygens (including phenoxy) is 3. The first-order valence-corrected chi connectivity index (χ1v) is 7.12. The van der Waals surface area contributed by atoms with Crippen LogP contribution in [0.25, 0.3) is 11.3 Å². The molecule has 1 aliphatic rings. The molecule has 2 aromatic rings. The SMILES string of the molecule is COc1ccc(-c2cnnc(NCC3COCCO3)n2)cc1. The maximum atomic E-state index is 5.56. The van der Waals surface area contributed by atoms with E-state index in [1.165, 1.54) is 0 Å². The lowest BCUT2D eigenvalue weighted by atomic mass is 10.1. The summed E-state index contributed by atoms with van der Waals surface area (Å²) in [6.45, 7) is 2.45. The lowest BCUT2D eigenvalue weighted by Gasteiger charge is -2.22. The van der Waals surface area contributed by atoms with Crippen molar-refractivity contribution in [2.75, 3.05) is 38.8 Å². The molecule has 0 bridgehead atoms. The molecule has 3 rings (SSSR count). The molecule has 0 spiro atoms. The predicted octanol–water partition coefficient (Wildman–Crippen LogP) is 1.37. The van der Waals surface area contributed by atoms with Gasteiger partial charge in [0.2, 0.25) is 5.95 Å². The minimum atomic E-state index is 0.0157. The first-order chi connectivity index (χ1) is 10.8. The third-order valence-corrected chi connectivity index (χ3v) is 3.32. The maximum Gasteiger partial charge on any atom is 0.243 e. The van der Waals surface area contributed by atoms with Gasteiger partial charge in [0.1, 0.15) is 5.75 Å². The summed E-state index contributed by atoms with van der Waals surface area (Å²) in [4.78, 5) is 4.46. The number of aromatic nitrogens is 3. The quantitative estimate of drug-likeness (QED) is 0.893. The molecule has 1 aliphatic heterocycles.